The second-order valence-electron chi connectivity index (χ2n) is 2.93. The lowest BCUT2D eigenvalue weighted by molar-refractivity contribution is -0.0530. The van der Waals surface area contributed by atoms with Crippen LogP contribution in [0.3, 0.4) is 0 Å². The van der Waals surface area contributed by atoms with Crippen molar-refractivity contribution in [2.45, 2.75) is 19.6 Å². The first-order valence-corrected chi connectivity index (χ1v) is 5.32. The van der Waals surface area contributed by atoms with E-state index in [1.54, 1.807) is 13.0 Å². The number of hydrogen-bond donors (Lipinski definition) is 1. The molecule has 0 radical (unpaired) electrons. The van der Waals surface area contributed by atoms with Gasteiger partial charge in [-0.2, -0.15) is 8.78 Å². The van der Waals surface area contributed by atoms with Crippen LogP contribution in [0.15, 0.2) is 12.1 Å². The highest BCUT2D eigenvalue weighted by atomic mass is 79.9. The summed E-state index contributed by atoms with van der Waals surface area (Å²) < 4.78 is 28.0. The Morgan fingerprint density at radius 3 is 2.73 bits per heavy atom. The summed E-state index contributed by atoms with van der Waals surface area (Å²) in [6.07, 6.45) is -0.758. The molecule has 0 fully saturated rings. The average molecular weight is 282 g/mol. The Balaban J connectivity index is 2.94. The smallest absolute Gasteiger partial charge is 0.388 e. The van der Waals surface area contributed by atoms with Crippen LogP contribution in [0.4, 0.5) is 8.78 Å². The molecule has 0 aliphatic heterocycles. The molecule has 1 unspecified atom stereocenters. The highest BCUT2D eigenvalue weighted by Crippen LogP contribution is 2.21. The summed E-state index contributed by atoms with van der Waals surface area (Å²) in [6.45, 7) is -1.27. The van der Waals surface area contributed by atoms with Crippen LogP contribution in [0.25, 0.3) is 0 Å². The number of alkyl halides is 3. The molecule has 1 atom stereocenters. The van der Waals surface area contributed by atoms with Gasteiger partial charge >= 0.3 is 6.61 Å². The van der Waals surface area contributed by atoms with Crippen LogP contribution in [-0.2, 0) is 0 Å². The molecule has 0 aliphatic rings. The first-order chi connectivity index (χ1) is 7.02. The maximum atomic E-state index is 11.9. The lowest BCUT2D eigenvalue weighted by atomic mass is 10.1. The van der Waals surface area contributed by atoms with Crippen molar-refractivity contribution in [2.75, 3.05) is 5.33 Å². The van der Waals surface area contributed by atoms with Gasteiger partial charge in [0.15, 0.2) is 0 Å². The predicted molar refractivity (Wildman–Crippen MR) is 54.4 cm³/mol. The van der Waals surface area contributed by atoms with Gasteiger partial charge in [0.25, 0.3) is 0 Å². The van der Waals surface area contributed by atoms with Crippen molar-refractivity contribution in [2.24, 2.45) is 0 Å². The van der Waals surface area contributed by atoms with E-state index in [4.69, 9.17) is 0 Å². The fourth-order valence-electron chi connectivity index (χ4n) is 1.10. The summed E-state index contributed by atoms with van der Waals surface area (Å²) in [7, 11) is 0. The van der Waals surface area contributed by atoms with Crippen LogP contribution in [0.2, 0.25) is 0 Å². The quantitative estimate of drug-likeness (QED) is 0.862. The second kappa shape index (κ2) is 5.37. The Hall–Kier alpha value is -0.750. The normalized spacial score (nSPS) is 12.9. The summed E-state index contributed by atoms with van der Waals surface area (Å²) in [6, 6.07) is 2.91. The largest absolute Gasteiger partial charge is 0.417 e. The first kappa shape index (κ1) is 12.3. The number of aliphatic hydroxyl groups is 1. The van der Waals surface area contributed by atoms with Crippen molar-refractivity contribution in [1.82, 2.24) is 4.98 Å². The number of pyridine rings is 1. The van der Waals surface area contributed by atoms with Gasteiger partial charge < -0.3 is 9.84 Å². The molecule has 0 saturated heterocycles. The van der Waals surface area contributed by atoms with Gasteiger partial charge in [-0.1, -0.05) is 15.9 Å². The molecule has 0 saturated carbocycles. The Morgan fingerprint density at radius 2 is 2.20 bits per heavy atom. The number of ether oxygens (including phenoxy) is 1. The Kier molecular flexibility index (Phi) is 4.41. The van der Waals surface area contributed by atoms with Crippen molar-refractivity contribution >= 4 is 15.9 Å². The maximum absolute atomic E-state index is 11.9. The van der Waals surface area contributed by atoms with Crippen LogP contribution in [0, 0.1) is 6.92 Å². The topological polar surface area (TPSA) is 42.4 Å². The molecule has 3 nitrogen and oxygen atoms in total. The summed E-state index contributed by atoms with van der Waals surface area (Å²) >= 11 is 3.09. The van der Waals surface area contributed by atoms with Gasteiger partial charge in [-0.25, -0.2) is 4.98 Å². The molecule has 0 bridgehead atoms. The van der Waals surface area contributed by atoms with Crippen molar-refractivity contribution in [3.8, 4) is 5.88 Å². The standard InChI is InChI=1S/C9H10BrF2NO2/c1-5-2-6(7(14)4-10)3-8(13-5)15-9(11)12/h2-3,7,9,14H,4H2,1H3. The Morgan fingerprint density at radius 1 is 1.53 bits per heavy atom. The van der Waals surface area contributed by atoms with Gasteiger partial charge in [-0.3, -0.25) is 0 Å². The molecule has 1 N–H and O–H groups in total. The van der Waals surface area contributed by atoms with E-state index in [2.05, 4.69) is 25.7 Å². The van der Waals surface area contributed by atoms with Gasteiger partial charge in [-0.05, 0) is 18.6 Å². The van der Waals surface area contributed by atoms with E-state index in [0.717, 1.165) is 0 Å². The van der Waals surface area contributed by atoms with Gasteiger partial charge in [0.2, 0.25) is 5.88 Å². The van der Waals surface area contributed by atoms with Gasteiger partial charge in [-0.15, -0.1) is 0 Å². The third-order valence-corrected chi connectivity index (χ3v) is 2.31. The van der Waals surface area contributed by atoms with Crippen LogP contribution in [0.5, 0.6) is 5.88 Å². The molecular weight excluding hydrogens is 272 g/mol. The Bertz CT molecular complexity index is 336. The molecule has 0 aromatic carbocycles. The molecule has 1 aromatic heterocycles. The number of hydrogen-bond acceptors (Lipinski definition) is 3. The molecule has 1 heterocycles. The number of nitrogens with zero attached hydrogens (tertiary/aromatic N) is 1. The zero-order chi connectivity index (χ0) is 11.4. The number of rotatable bonds is 4. The average Bonchev–Trinajstić information content (AvgIpc) is 2.14. The van der Waals surface area contributed by atoms with Gasteiger partial charge in [0.05, 0.1) is 6.10 Å². The minimum Gasteiger partial charge on any atom is -0.417 e. The molecule has 1 rings (SSSR count). The number of aromatic nitrogens is 1. The molecular formula is C9H10BrF2NO2. The minimum absolute atomic E-state index is 0.181. The van der Waals surface area contributed by atoms with Crippen molar-refractivity contribution < 1.29 is 18.6 Å². The van der Waals surface area contributed by atoms with E-state index in [1.807, 2.05) is 0 Å². The van der Waals surface area contributed by atoms with Gasteiger partial charge in [0, 0.05) is 17.1 Å². The Labute approximate surface area is 94.2 Å². The predicted octanol–water partition coefficient (Wildman–Crippen LogP) is 2.42. The highest BCUT2D eigenvalue weighted by molar-refractivity contribution is 9.09. The van der Waals surface area contributed by atoms with Crippen molar-refractivity contribution in [1.29, 1.82) is 0 Å². The lowest BCUT2D eigenvalue weighted by Crippen LogP contribution is -2.06. The molecule has 84 valence electrons. The van der Waals surface area contributed by atoms with Crippen molar-refractivity contribution in [3.63, 3.8) is 0 Å². The third kappa shape index (κ3) is 3.71. The number of aliphatic hydroxyl groups excluding tert-OH is 1. The molecule has 6 heteroatoms. The molecule has 1 aromatic rings. The van der Waals surface area contributed by atoms with E-state index in [-0.39, 0.29) is 5.88 Å². The minimum atomic E-state index is -2.91. The zero-order valence-electron chi connectivity index (χ0n) is 7.95. The SMILES string of the molecule is Cc1cc(C(O)CBr)cc(OC(F)F)n1. The van der Waals surface area contributed by atoms with E-state index in [0.29, 0.717) is 16.6 Å². The molecule has 0 amide bonds. The van der Waals surface area contributed by atoms with Gasteiger partial charge in [0.1, 0.15) is 0 Å². The van der Waals surface area contributed by atoms with Crippen LogP contribution < -0.4 is 4.74 Å². The zero-order valence-corrected chi connectivity index (χ0v) is 9.54. The summed E-state index contributed by atoms with van der Waals surface area (Å²) in [4.78, 5) is 3.76. The monoisotopic (exact) mass is 281 g/mol. The van der Waals surface area contributed by atoms with E-state index < -0.39 is 12.7 Å². The number of halogens is 3. The maximum Gasteiger partial charge on any atom is 0.388 e. The summed E-state index contributed by atoms with van der Waals surface area (Å²) in [5.74, 6) is -0.181. The van der Waals surface area contributed by atoms with Crippen molar-refractivity contribution in [3.05, 3.63) is 23.4 Å². The molecule has 0 spiro atoms. The van der Waals surface area contributed by atoms with E-state index in [9.17, 15) is 13.9 Å². The molecule has 15 heavy (non-hydrogen) atoms. The first-order valence-electron chi connectivity index (χ1n) is 4.20. The third-order valence-electron chi connectivity index (χ3n) is 1.69. The van der Waals surface area contributed by atoms with E-state index >= 15 is 0 Å². The van der Waals surface area contributed by atoms with Crippen LogP contribution in [-0.4, -0.2) is 22.0 Å². The summed E-state index contributed by atoms with van der Waals surface area (Å²) in [5.41, 5.74) is 1.01. The summed E-state index contributed by atoms with van der Waals surface area (Å²) in [5, 5.41) is 9.82. The fraction of sp³-hybridized carbons (Fsp3) is 0.444. The van der Waals surface area contributed by atoms with Crippen LogP contribution in [0.1, 0.15) is 17.4 Å². The second-order valence-corrected chi connectivity index (χ2v) is 3.58. The van der Waals surface area contributed by atoms with Crippen LogP contribution >= 0.6 is 15.9 Å². The lowest BCUT2D eigenvalue weighted by Gasteiger charge is -2.10. The van der Waals surface area contributed by atoms with E-state index in [1.165, 1.54) is 6.07 Å². The molecule has 0 aliphatic carbocycles. The fourth-order valence-corrected chi connectivity index (χ4v) is 1.47. The number of aryl methyl sites for hydroxylation is 1. The highest BCUT2D eigenvalue weighted by Gasteiger charge is 2.11.